The van der Waals surface area contributed by atoms with E-state index in [0.29, 0.717) is 12.0 Å². The Bertz CT molecular complexity index is 613. The maximum atomic E-state index is 12.7. The number of benzene rings is 1. The fraction of sp³-hybridized carbons (Fsp3) is 0.357. The largest absolute Gasteiger partial charge is 0.388 e. The third kappa shape index (κ3) is 3.07. The topological polar surface area (TPSA) is 38.0 Å². The SMILES string of the molecule is Cc1nn(C)c(CC(O)c2cccc(C(F)F)c2)c1Br. The molecule has 0 radical (unpaired) electrons. The van der Waals surface area contributed by atoms with Gasteiger partial charge in [0.15, 0.2) is 0 Å². The lowest BCUT2D eigenvalue weighted by Gasteiger charge is -2.13. The Balaban J connectivity index is 2.24. The molecule has 0 bridgehead atoms. The molecule has 20 heavy (non-hydrogen) atoms. The quantitative estimate of drug-likeness (QED) is 0.918. The summed E-state index contributed by atoms with van der Waals surface area (Å²) in [5.74, 6) is 0. The van der Waals surface area contributed by atoms with Crippen LogP contribution in [0.2, 0.25) is 0 Å². The summed E-state index contributed by atoms with van der Waals surface area (Å²) in [5, 5.41) is 14.5. The second-order valence-corrected chi connectivity index (χ2v) is 5.45. The molecule has 0 aliphatic rings. The third-order valence-corrected chi connectivity index (χ3v) is 4.23. The van der Waals surface area contributed by atoms with E-state index in [2.05, 4.69) is 21.0 Å². The summed E-state index contributed by atoms with van der Waals surface area (Å²) in [6.07, 6.45) is -3.07. The third-order valence-electron chi connectivity index (χ3n) is 3.20. The fourth-order valence-electron chi connectivity index (χ4n) is 2.10. The summed E-state index contributed by atoms with van der Waals surface area (Å²) in [4.78, 5) is 0. The van der Waals surface area contributed by atoms with E-state index in [1.54, 1.807) is 17.8 Å². The maximum Gasteiger partial charge on any atom is 0.263 e. The first kappa shape index (κ1) is 15.1. The van der Waals surface area contributed by atoms with Gasteiger partial charge in [-0.1, -0.05) is 18.2 Å². The summed E-state index contributed by atoms with van der Waals surface area (Å²) in [5.41, 5.74) is 2.06. The summed E-state index contributed by atoms with van der Waals surface area (Å²) in [6, 6.07) is 5.87. The molecule has 1 aromatic heterocycles. The Labute approximate surface area is 124 Å². The lowest BCUT2D eigenvalue weighted by atomic mass is 10.0. The van der Waals surface area contributed by atoms with Crippen molar-refractivity contribution in [3.63, 3.8) is 0 Å². The van der Waals surface area contributed by atoms with Crippen LogP contribution >= 0.6 is 15.9 Å². The second-order valence-electron chi connectivity index (χ2n) is 4.66. The first-order valence-electron chi connectivity index (χ1n) is 6.14. The molecule has 1 unspecified atom stereocenters. The average Bonchev–Trinajstić information content (AvgIpc) is 2.65. The lowest BCUT2D eigenvalue weighted by Crippen LogP contribution is -2.07. The fourth-order valence-corrected chi connectivity index (χ4v) is 2.60. The molecule has 1 aromatic carbocycles. The smallest absolute Gasteiger partial charge is 0.263 e. The Hall–Kier alpha value is -1.27. The molecule has 0 saturated carbocycles. The van der Waals surface area contributed by atoms with Crippen molar-refractivity contribution in [3.05, 3.63) is 51.3 Å². The maximum absolute atomic E-state index is 12.7. The lowest BCUT2D eigenvalue weighted by molar-refractivity contribution is 0.149. The van der Waals surface area contributed by atoms with Crippen molar-refractivity contribution in [3.8, 4) is 0 Å². The Kier molecular flexibility index (Phi) is 4.55. The summed E-state index contributed by atoms with van der Waals surface area (Å²) < 4.78 is 27.8. The van der Waals surface area contributed by atoms with Crippen molar-refractivity contribution in [1.82, 2.24) is 9.78 Å². The van der Waals surface area contributed by atoms with E-state index in [9.17, 15) is 13.9 Å². The van der Waals surface area contributed by atoms with E-state index in [4.69, 9.17) is 0 Å². The zero-order chi connectivity index (χ0) is 14.9. The molecule has 1 N–H and O–H groups in total. The number of halogens is 3. The van der Waals surface area contributed by atoms with Gasteiger partial charge >= 0.3 is 0 Å². The van der Waals surface area contributed by atoms with Gasteiger partial charge < -0.3 is 5.11 Å². The highest BCUT2D eigenvalue weighted by molar-refractivity contribution is 9.10. The van der Waals surface area contributed by atoms with Crippen LogP contribution in [0.3, 0.4) is 0 Å². The van der Waals surface area contributed by atoms with Crippen LogP contribution in [0.1, 0.15) is 35.0 Å². The molecular formula is C14H15BrF2N2O. The molecule has 2 rings (SSSR count). The number of hydrogen-bond donors (Lipinski definition) is 1. The highest BCUT2D eigenvalue weighted by Gasteiger charge is 2.17. The molecular weight excluding hydrogens is 330 g/mol. The van der Waals surface area contributed by atoms with Gasteiger partial charge in [0.05, 0.1) is 22.0 Å². The number of aliphatic hydroxyl groups is 1. The van der Waals surface area contributed by atoms with Crippen molar-refractivity contribution in [2.75, 3.05) is 0 Å². The van der Waals surface area contributed by atoms with Gasteiger partial charge in [-0.3, -0.25) is 4.68 Å². The minimum Gasteiger partial charge on any atom is -0.388 e. The Morgan fingerprint density at radius 3 is 2.55 bits per heavy atom. The highest BCUT2D eigenvalue weighted by atomic mass is 79.9. The van der Waals surface area contributed by atoms with Gasteiger partial charge in [0.2, 0.25) is 0 Å². The van der Waals surface area contributed by atoms with Crippen LogP contribution in [-0.2, 0) is 13.5 Å². The van der Waals surface area contributed by atoms with Crippen LogP contribution in [0.5, 0.6) is 0 Å². The Morgan fingerprint density at radius 2 is 2.00 bits per heavy atom. The van der Waals surface area contributed by atoms with Gasteiger partial charge in [0.1, 0.15) is 0 Å². The number of aromatic nitrogens is 2. The van der Waals surface area contributed by atoms with Crippen LogP contribution < -0.4 is 0 Å². The van der Waals surface area contributed by atoms with Crippen LogP contribution in [-0.4, -0.2) is 14.9 Å². The predicted octanol–water partition coefficient (Wildman–Crippen LogP) is 3.70. The van der Waals surface area contributed by atoms with Crippen LogP contribution in [0.25, 0.3) is 0 Å². The van der Waals surface area contributed by atoms with Crippen molar-refractivity contribution < 1.29 is 13.9 Å². The normalized spacial score (nSPS) is 12.9. The second kappa shape index (κ2) is 6.01. The van der Waals surface area contributed by atoms with Gasteiger partial charge in [0, 0.05) is 19.0 Å². The standard InChI is InChI=1S/C14H15BrF2N2O/c1-8-13(15)11(19(2)18-8)7-12(20)9-4-3-5-10(6-9)14(16)17/h3-6,12,14,20H,7H2,1-2H3. The summed E-state index contributed by atoms with van der Waals surface area (Å²) >= 11 is 3.43. The number of aliphatic hydroxyl groups excluding tert-OH is 1. The number of nitrogens with zero attached hydrogens (tertiary/aromatic N) is 2. The van der Waals surface area contributed by atoms with E-state index < -0.39 is 12.5 Å². The van der Waals surface area contributed by atoms with Gasteiger partial charge in [0.25, 0.3) is 6.43 Å². The minimum atomic E-state index is -2.53. The van der Waals surface area contributed by atoms with E-state index >= 15 is 0 Å². The molecule has 0 saturated heterocycles. The molecule has 1 atom stereocenters. The van der Waals surface area contributed by atoms with E-state index in [-0.39, 0.29) is 5.56 Å². The van der Waals surface area contributed by atoms with E-state index in [1.165, 1.54) is 18.2 Å². The number of hydrogen-bond acceptors (Lipinski definition) is 2. The van der Waals surface area contributed by atoms with E-state index in [0.717, 1.165) is 15.9 Å². The van der Waals surface area contributed by atoms with Crippen molar-refractivity contribution in [2.45, 2.75) is 25.9 Å². The monoisotopic (exact) mass is 344 g/mol. The molecule has 6 heteroatoms. The summed E-state index contributed by atoms with van der Waals surface area (Å²) in [6.45, 7) is 1.86. The van der Waals surface area contributed by atoms with Crippen molar-refractivity contribution >= 4 is 15.9 Å². The van der Waals surface area contributed by atoms with Gasteiger partial charge in [-0.2, -0.15) is 5.10 Å². The molecule has 2 aromatic rings. The Morgan fingerprint density at radius 1 is 1.35 bits per heavy atom. The van der Waals surface area contributed by atoms with Gasteiger partial charge in [-0.15, -0.1) is 0 Å². The van der Waals surface area contributed by atoms with Gasteiger partial charge in [-0.05, 0) is 34.5 Å². The van der Waals surface area contributed by atoms with Crippen LogP contribution in [0, 0.1) is 6.92 Å². The number of aryl methyl sites for hydroxylation is 2. The van der Waals surface area contributed by atoms with Gasteiger partial charge in [-0.25, -0.2) is 8.78 Å². The molecule has 0 aliphatic carbocycles. The molecule has 0 amide bonds. The minimum absolute atomic E-state index is 0.0817. The molecule has 3 nitrogen and oxygen atoms in total. The predicted molar refractivity (Wildman–Crippen MR) is 75.7 cm³/mol. The molecule has 0 spiro atoms. The first-order valence-corrected chi connectivity index (χ1v) is 6.93. The highest BCUT2D eigenvalue weighted by Crippen LogP contribution is 2.28. The molecule has 0 aliphatic heterocycles. The molecule has 108 valence electrons. The molecule has 0 fully saturated rings. The average molecular weight is 345 g/mol. The van der Waals surface area contributed by atoms with Crippen LogP contribution in [0.4, 0.5) is 8.78 Å². The summed E-state index contributed by atoms with van der Waals surface area (Å²) in [7, 11) is 1.79. The molecule has 1 heterocycles. The van der Waals surface area contributed by atoms with Crippen molar-refractivity contribution in [1.29, 1.82) is 0 Å². The first-order chi connectivity index (χ1) is 9.40. The van der Waals surface area contributed by atoms with Crippen LogP contribution in [0.15, 0.2) is 28.7 Å². The number of alkyl halides is 2. The van der Waals surface area contributed by atoms with E-state index in [1.807, 2.05) is 6.92 Å². The zero-order valence-electron chi connectivity index (χ0n) is 11.1. The van der Waals surface area contributed by atoms with Crippen molar-refractivity contribution in [2.24, 2.45) is 7.05 Å². The number of rotatable bonds is 4. The zero-order valence-corrected chi connectivity index (χ0v) is 12.7.